The average molecular weight is 230 g/mol. The molecule has 1 aliphatic rings. The smallest absolute Gasteiger partial charge is 0.361 e. The van der Waals surface area contributed by atoms with Gasteiger partial charge in [-0.1, -0.05) is 0 Å². The van der Waals surface area contributed by atoms with Gasteiger partial charge in [0.1, 0.15) is 0 Å². The Hall–Kier alpha value is -1.10. The van der Waals surface area contributed by atoms with Crippen LogP contribution in [0.3, 0.4) is 0 Å². The predicted molar refractivity (Wildman–Crippen MR) is 57.6 cm³/mol. The zero-order chi connectivity index (χ0) is 12.0. The van der Waals surface area contributed by atoms with Crippen molar-refractivity contribution in [3.63, 3.8) is 0 Å². The van der Waals surface area contributed by atoms with Crippen molar-refractivity contribution in [1.29, 1.82) is 0 Å². The number of nitrogens with zero attached hydrogens (tertiary/aromatic N) is 1. The summed E-state index contributed by atoms with van der Waals surface area (Å²) in [6.45, 7) is 2.24. The third-order valence-electron chi connectivity index (χ3n) is 3.15. The van der Waals surface area contributed by atoms with Crippen LogP contribution in [0.4, 0.5) is 0 Å². The highest BCUT2D eigenvalue weighted by molar-refractivity contribution is 5.72. The summed E-state index contributed by atoms with van der Waals surface area (Å²) in [6.07, 6.45) is 3.27. The van der Waals surface area contributed by atoms with Gasteiger partial charge < -0.3 is 14.0 Å². The van der Waals surface area contributed by atoms with Gasteiger partial charge in [-0.15, -0.1) is 0 Å². The number of quaternary nitrogens is 1. The van der Waals surface area contributed by atoms with Crippen LogP contribution in [0.5, 0.6) is 0 Å². The van der Waals surface area contributed by atoms with Crippen molar-refractivity contribution in [2.75, 3.05) is 40.4 Å². The maximum atomic E-state index is 11.4. The first-order chi connectivity index (χ1) is 7.62. The Morgan fingerprint density at radius 3 is 1.75 bits per heavy atom. The highest BCUT2D eigenvalue weighted by Gasteiger charge is 2.35. The summed E-state index contributed by atoms with van der Waals surface area (Å²) in [5, 5.41) is 0. The molecule has 16 heavy (non-hydrogen) atoms. The molecule has 0 N–H and O–H groups in total. The van der Waals surface area contributed by atoms with Crippen molar-refractivity contribution in [2.24, 2.45) is 0 Å². The summed E-state index contributed by atoms with van der Waals surface area (Å²) < 4.78 is 9.86. The number of esters is 2. The van der Waals surface area contributed by atoms with Crippen molar-refractivity contribution in [3.05, 3.63) is 0 Å². The minimum Gasteiger partial charge on any atom is -0.465 e. The molecule has 1 rings (SSSR count). The standard InChI is InChI=1S/C11H20NO4/c1-15-10(13)8-12(9-11(14)16-2)6-4-3-5-7-12/h3-9H2,1-2H3/q+1. The lowest BCUT2D eigenvalue weighted by molar-refractivity contribution is -0.918. The molecule has 0 radical (unpaired) electrons. The molecule has 1 saturated heterocycles. The minimum absolute atomic E-state index is 0.259. The quantitative estimate of drug-likeness (QED) is 0.516. The number of hydrogen-bond acceptors (Lipinski definition) is 4. The van der Waals surface area contributed by atoms with E-state index < -0.39 is 0 Å². The zero-order valence-corrected chi connectivity index (χ0v) is 10.0. The first kappa shape index (κ1) is 13.0. The lowest BCUT2D eigenvalue weighted by Gasteiger charge is -2.39. The molecular formula is C11H20NO4+. The lowest BCUT2D eigenvalue weighted by Crippen LogP contribution is -2.57. The Balaban J connectivity index is 2.66. The monoisotopic (exact) mass is 230 g/mol. The van der Waals surface area contributed by atoms with Gasteiger partial charge in [-0.2, -0.15) is 0 Å². The van der Waals surface area contributed by atoms with Gasteiger partial charge in [-0.05, 0) is 19.3 Å². The number of rotatable bonds is 4. The second-order valence-electron chi connectivity index (χ2n) is 4.32. The van der Waals surface area contributed by atoms with E-state index in [2.05, 4.69) is 9.47 Å². The SMILES string of the molecule is COC(=O)C[N+]1(CC(=O)OC)CCCCC1. The summed E-state index contributed by atoms with van der Waals surface area (Å²) in [4.78, 5) is 22.7. The Morgan fingerprint density at radius 2 is 1.38 bits per heavy atom. The average Bonchev–Trinajstić information content (AvgIpc) is 2.29. The van der Waals surface area contributed by atoms with Crippen LogP contribution in [0.1, 0.15) is 19.3 Å². The van der Waals surface area contributed by atoms with Crippen LogP contribution >= 0.6 is 0 Å². The highest BCUT2D eigenvalue weighted by Crippen LogP contribution is 2.19. The van der Waals surface area contributed by atoms with Crippen LogP contribution in [0.15, 0.2) is 0 Å². The molecule has 0 aromatic heterocycles. The van der Waals surface area contributed by atoms with Gasteiger partial charge in [0.25, 0.3) is 0 Å². The Bertz CT molecular complexity index is 239. The Labute approximate surface area is 95.9 Å². The number of carbonyl (C=O) groups excluding carboxylic acids is 2. The maximum absolute atomic E-state index is 11.4. The van der Waals surface area contributed by atoms with E-state index in [1.165, 1.54) is 20.6 Å². The molecule has 0 bridgehead atoms. The molecule has 5 heteroatoms. The third kappa shape index (κ3) is 3.48. The largest absolute Gasteiger partial charge is 0.465 e. The van der Waals surface area contributed by atoms with Gasteiger partial charge in [-0.25, -0.2) is 9.59 Å². The van der Waals surface area contributed by atoms with Gasteiger partial charge in [0, 0.05) is 0 Å². The topological polar surface area (TPSA) is 52.6 Å². The van der Waals surface area contributed by atoms with Gasteiger partial charge >= 0.3 is 11.9 Å². The van der Waals surface area contributed by atoms with E-state index in [-0.39, 0.29) is 25.0 Å². The molecular weight excluding hydrogens is 210 g/mol. The molecule has 1 aliphatic heterocycles. The highest BCUT2D eigenvalue weighted by atomic mass is 16.5. The molecule has 0 aromatic carbocycles. The zero-order valence-electron chi connectivity index (χ0n) is 10.0. The Kier molecular flexibility index (Phi) is 4.73. The molecule has 0 aromatic rings. The second-order valence-corrected chi connectivity index (χ2v) is 4.32. The second kappa shape index (κ2) is 5.84. The number of piperidine rings is 1. The molecule has 1 heterocycles. The number of likely N-dealkylation sites (tertiary alicyclic amines) is 1. The summed E-state index contributed by atoms with van der Waals surface area (Å²) in [6, 6.07) is 0. The fourth-order valence-corrected chi connectivity index (χ4v) is 2.23. The van der Waals surface area contributed by atoms with E-state index >= 15 is 0 Å². The van der Waals surface area contributed by atoms with Crippen LogP contribution in [0.25, 0.3) is 0 Å². The molecule has 1 fully saturated rings. The van der Waals surface area contributed by atoms with Gasteiger partial charge in [0.15, 0.2) is 13.1 Å². The van der Waals surface area contributed by atoms with Crippen LogP contribution in [0.2, 0.25) is 0 Å². The summed E-state index contributed by atoms with van der Waals surface area (Å²) in [7, 11) is 2.75. The normalized spacial score (nSPS) is 18.9. The third-order valence-corrected chi connectivity index (χ3v) is 3.15. The van der Waals surface area contributed by atoms with E-state index in [1.807, 2.05) is 0 Å². The van der Waals surface area contributed by atoms with Crippen molar-refractivity contribution in [2.45, 2.75) is 19.3 Å². The first-order valence-electron chi connectivity index (χ1n) is 5.61. The van der Waals surface area contributed by atoms with E-state index in [1.54, 1.807) is 0 Å². The number of hydrogen-bond donors (Lipinski definition) is 0. The van der Waals surface area contributed by atoms with E-state index in [0.717, 1.165) is 25.9 Å². The van der Waals surface area contributed by atoms with E-state index in [0.29, 0.717) is 4.48 Å². The molecule has 0 atom stereocenters. The van der Waals surface area contributed by atoms with Gasteiger partial charge in [-0.3, -0.25) is 0 Å². The van der Waals surface area contributed by atoms with Crippen LogP contribution in [-0.4, -0.2) is 56.8 Å². The molecule has 0 unspecified atom stereocenters. The van der Waals surface area contributed by atoms with Crippen molar-refractivity contribution < 1.29 is 23.5 Å². The summed E-state index contributed by atoms with van der Waals surface area (Å²) >= 11 is 0. The van der Waals surface area contributed by atoms with Crippen LogP contribution in [0, 0.1) is 0 Å². The van der Waals surface area contributed by atoms with Gasteiger partial charge in [0.2, 0.25) is 0 Å². The summed E-state index contributed by atoms with van der Waals surface area (Å²) in [5.41, 5.74) is 0. The van der Waals surface area contributed by atoms with E-state index in [9.17, 15) is 9.59 Å². The van der Waals surface area contributed by atoms with Crippen molar-refractivity contribution >= 4 is 11.9 Å². The van der Waals surface area contributed by atoms with E-state index in [4.69, 9.17) is 0 Å². The number of carbonyl (C=O) groups is 2. The number of methoxy groups -OCH3 is 2. The molecule has 92 valence electrons. The van der Waals surface area contributed by atoms with Crippen LogP contribution < -0.4 is 0 Å². The van der Waals surface area contributed by atoms with Crippen molar-refractivity contribution in [3.8, 4) is 0 Å². The molecule has 0 saturated carbocycles. The lowest BCUT2D eigenvalue weighted by atomic mass is 10.1. The molecule has 0 spiro atoms. The Morgan fingerprint density at radius 1 is 0.938 bits per heavy atom. The van der Waals surface area contributed by atoms with Crippen molar-refractivity contribution in [1.82, 2.24) is 0 Å². The number of ether oxygens (including phenoxy) is 2. The predicted octanol–water partition coefficient (Wildman–Crippen LogP) is 0.333. The fraction of sp³-hybridized carbons (Fsp3) is 0.818. The molecule has 0 aliphatic carbocycles. The summed E-state index contributed by atoms with van der Waals surface area (Å²) in [5.74, 6) is -0.517. The first-order valence-corrected chi connectivity index (χ1v) is 5.61. The minimum atomic E-state index is -0.259. The molecule has 5 nitrogen and oxygen atoms in total. The fourth-order valence-electron chi connectivity index (χ4n) is 2.23. The maximum Gasteiger partial charge on any atom is 0.361 e. The molecule has 0 amide bonds. The van der Waals surface area contributed by atoms with Gasteiger partial charge in [0.05, 0.1) is 27.3 Å². The van der Waals surface area contributed by atoms with Crippen LogP contribution in [-0.2, 0) is 19.1 Å².